The SMILES string of the molecule is CCCC(=O)N(CCC)Cc1nc2ccc3cc(-c4ccc(-c5cnc([C@@H]6CC7(CN6C(=O)CNC(=O)OC)OCCO7)[nH]5)cc4)ccc3c2[nH]1. The summed E-state index contributed by atoms with van der Waals surface area (Å²) in [6.45, 7) is 6.23. The normalized spacial score (nSPS) is 16.7. The molecule has 13 nitrogen and oxygen atoms in total. The molecular formula is C38H43N7O6. The molecule has 0 bridgehead atoms. The molecule has 2 aliphatic rings. The minimum atomic E-state index is -0.893. The molecule has 2 aliphatic heterocycles. The van der Waals surface area contributed by atoms with E-state index in [0.29, 0.717) is 45.0 Å². The number of hydrogen-bond acceptors (Lipinski definition) is 8. The second kappa shape index (κ2) is 14.5. The first kappa shape index (κ1) is 34.2. The maximum atomic E-state index is 13.2. The van der Waals surface area contributed by atoms with Crippen molar-refractivity contribution in [3.8, 4) is 22.4 Å². The second-order valence-electron chi connectivity index (χ2n) is 13.1. The number of alkyl carbamates (subject to hydrolysis) is 1. The Kier molecular flexibility index (Phi) is 9.74. The minimum absolute atomic E-state index is 0.162. The highest BCUT2D eigenvalue weighted by Gasteiger charge is 2.51. The number of methoxy groups -OCH3 is 1. The number of carbonyl (C=O) groups excluding carboxylic acids is 3. The van der Waals surface area contributed by atoms with Crippen molar-refractivity contribution in [1.82, 2.24) is 35.1 Å². The van der Waals surface area contributed by atoms with Gasteiger partial charge in [0, 0.05) is 24.8 Å². The Morgan fingerprint density at radius 2 is 1.76 bits per heavy atom. The van der Waals surface area contributed by atoms with Gasteiger partial charge in [-0.05, 0) is 47.1 Å². The number of amides is 3. The standard InChI is InChI=1S/C38H43N7O6/c1-4-6-33(46)44(15-5-2)22-32-41-29-14-12-27-18-26(11-13-28(27)35(29)43-32)24-7-9-25(10-8-24)30-20-39-36(42-30)31-19-38(50-16-17-51-38)23-45(31)34(47)21-40-37(48)49-3/h7-14,18,20,31H,4-6,15-17,19,21-23H2,1-3H3,(H,39,42)(H,40,48)(H,41,43)/t31-/m0/s1. The number of carbonyl (C=O) groups is 3. The number of imidazole rings is 2. The second-order valence-corrected chi connectivity index (χ2v) is 13.1. The fraction of sp³-hybridized carbons (Fsp3) is 0.395. The van der Waals surface area contributed by atoms with Gasteiger partial charge >= 0.3 is 6.09 Å². The van der Waals surface area contributed by atoms with Gasteiger partial charge in [0.25, 0.3) is 0 Å². The van der Waals surface area contributed by atoms with Crippen LogP contribution < -0.4 is 5.32 Å². The first-order valence-corrected chi connectivity index (χ1v) is 17.5. The molecule has 7 rings (SSSR count). The molecule has 2 aromatic heterocycles. The number of hydrogen-bond donors (Lipinski definition) is 3. The summed E-state index contributed by atoms with van der Waals surface area (Å²) in [5, 5.41) is 4.64. The molecule has 4 heterocycles. The van der Waals surface area contributed by atoms with Crippen LogP contribution in [0.25, 0.3) is 44.2 Å². The molecule has 1 spiro atoms. The van der Waals surface area contributed by atoms with E-state index in [2.05, 4.69) is 68.3 Å². The Hall–Kier alpha value is -5.27. The summed E-state index contributed by atoms with van der Waals surface area (Å²) in [4.78, 5) is 57.4. The molecule has 3 N–H and O–H groups in total. The number of H-pyrrole nitrogens is 2. The molecule has 0 aliphatic carbocycles. The van der Waals surface area contributed by atoms with Gasteiger partial charge in [0.1, 0.15) is 18.2 Å². The van der Waals surface area contributed by atoms with E-state index < -0.39 is 17.9 Å². The largest absolute Gasteiger partial charge is 0.453 e. The summed E-state index contributed by atoms with van der Waals surface area (Å²) in [6, 6.07) is 18.4. The van der Waals surface area contributed by atoms with Gasteiger partial charge in [-0.15, -0.1) is 0 Å². The van der Waals surface area contributed by atoms with Crippen LogP contribution in [0.4, 0.5) is 4.79 Å². The van der Waals surface area contributed by atoms with Gasteiger partial charge in [0.05, 0.1) is 62.4 Å². The molecule has 2 fully saturated rings. The van der Waals surface area contributed by atoms with Crippen LogP contribution in [0, 0.1) is 0 Å². The van der Waals surface area contributed by atoms with Crippen molar-refractivity contribution in [2.45, 2.75) is 57.9 Å². The van der Waals surface area contributed by atoms with Crippen LogP contribution in [-0.4, -0.2) is 93.4 Å². The first-order valence-electron chi connectivity index (χ1n) is 17.5. The Bertz CT molecular complexity index is 2050. The molecule has 1 atom stereocenters. The van der Waals surface area contributed by atoms with Gasteiger partial charge < -0.3 is 39.3 Å². The summed E-state index contributed by atoms with van der Waals surface area (Å²) in [5.74, 6) is 0.389. The molecule has 3 aromatic carbocycles. The monoisotopic (exact) mass is 693 g/mol. The topological polar surface area (TPSA) is 155 Å². The van der Waals surface area contributed by atoms with Gasteiger partial charge in [-0.2, -0.15) is 0 Å². The lowest BCUT2D eigenvalue weighted by Crippen LogP contribution is -2.42. The van der Waals surface area contributed by atoms with Crippen LogP contribution in [0.15, 0.2) is 60.8 Å². The molecule has 0 unspecified atom stereocenters. The Morgan fingerprint density at radius 1 is 1.00 bits per heavy atom. The van der Waals surface area contributed by atoms with Gasteiger partial charge in [0.2, 0.25) is 11.8 Å². The molecule has 3 amide bonds. The molecule has 0 radical (unpaired) electrons. The third kappa shape index (κ3) is 7.04. The summed E-state index contributed by atoms with van der Waals surface area (Å²) < 4.78 is 16.5. The average molecular weight is 694 g/mol. The number of rotatable bonds is 11. The number of aromatic nitrogens is 4. The molecular weight excluding hydrogens is 650 g/mol. The molecule has 266 valence electrons. The van der Waals surface area contributed by atoms with Crippen molar-refractivity contribution in [3.05, 3.63) is 72.4 Å². The lowest BCUT2D eigenvalue weighted by atomic mass is 9.99. The van der Waals surface area contributed by atoms with Crippen molar-refractivity contribution in [2.75, 3.05) is 40.0 Å². The van der Waals surface area contributed by atoms with Crippen LogP contribution in [0.5, 0.6) is 0 Å². The fourth-order valence-electron chi connectivity index (χ4n) is 7.10. The van der Waals surface area contributed by atoms with E-state index >= 15 is 0 Å². The average Bonchev–Trinajstić information content (AvgIpc) is 3.97. The smallest absolute Gasteiger partial charge is 0.407 e. The molecule has 13 heteroatoms. The third-order valence-corrected chi connectivity index (χ3v) is 9.61. The van der Waals surface area contributed by atoms with Gasteiger partial charge in [-0.25, -0.2) is 14.8 Å². The summed E-state index contributed by atoms with van der Waals surface area (Å²) in [6.07, 6.45) is 3.79. The van der Waals surface area contributed by atoms with Crippen molar-refractivity contribution in [1.29, 1.82) is 0 Å². The van der Waals surface area contributed by atoms with Crippen molar-refractivity contribution in [2.24, 2.45) is 0 Å². The highest BCUT2D eigenvalue weighted by atomic mass is 16.7. The van der Waals surface area contributed by atoms with E-state index in [0.717, 1.165) is 62.9 Å². The Labute approximate surface area is 295 Å². The van der Waals surface area contributed by atoms with Gasteiger partial charge in [-0.1, -0.05) is 56.3 Å². The van der Waals surface area contributed by atoms with E-state index in [1.54, 1.807) is 11.1 Å². The maximum Gasteiger partial charge on any atom is 0.407 e. The highest BCUT2D eigenvalue weighted by Crippen LogP contribution is 2.42. The van der Waals surface area contributed by atoms with Crippen molar-refractivity contribution < 1.29 is 28.6 Å². The summed E-state index contributed by atoms with van der Waals surface area (Å²) in [5.41, 5.74) is 5.77. The van der Waals surface area contributed by atoms with E-state index in [9.17, 15) is 14.4 Å². The lowest BCUT2D eigenvalue weighted by molar-refractivity contribution is -0.152. The van der Waals surface area contributed by atoms with Gasteiger partial charge in [-0.3, -0.25) is 9.59 Å². The highest BCUT2D eigenvalue weighted by molar-refractivity contribution is 6.05. The number of benzene rings is 3. The zero-order valence-corrected chi connectivity index (χ0v) is 29.2. The lowest BCUT2D eigenvalue weighted by Gasteiger charge is -2.23. The predicted molar refractivity (Wildman–Crippen MR) is 191 cm³/mol. The number of nitrogens with one attached hydrogen (secondary N) is 3. The van der Waals surface area contributed by atoms with Gasteiger partial charge in [0.15, 0.2) is 5.79 Å². The number of nitrogens with zero attached hydrogens (tertiary/aromatic N) is 4. The number of aromatic amines is 2. The molecule has 0 saturated carbocycles. The zero-order valence-electron chi connectivity index (χ0n) is 29.2. The predicted octanol–water partition coefficient (Wildman–Crippen LogP) is 5.68. The number of fused-ring (bicyclic) bond motifs is 3. The van der Waals surface area contributed by atoms with Crippen LogP contribution >= 0.6 is 0 Å². The summed E-state index contributed by atoms with van der Waals surface area (Å²) >= 11 is 0. The minimum Gasteiger partial charge on any atom is -0.453 e. The number of likely N-dealkylation sites (tertiary alicyclic amines) is 1. The first-order chi connectivity index (χ1) is 24.8. The van der Waals surface area contributed by atoms with Crippen LogP contribution in [0.3, 0.4) is 0 Å². The van der Waals surface area contributed by atoms with Crippen molar-refractivity contribution in [3.63, 3.8) is 0 Å². The Morgan fingerprint density at radius 3 is 2.51 bits per heavy atom. The van der Waals surface area contributed by atoms with Crippen LogP contribution in [0.2, 0.25) is 0 Å². The van der Waals surface area contributed by atoms with Crippen molar-refractivity contribution >= 4 is 39.7 Å². The summed E-state index contributed by atoms with van der Waals surface area (Å²) in [7, 11) is 1.25. The van der Waals surface area contributed by atoms with Crippen LogP contribution in [0.1, 0.15) is 57.2 Å². The number of ether oxygens (including phenoxy) is 3. The van der Waals surface area contributed by atoms with E-state index in [1.807, 2.05) is 30.0 Å². The van der Waals surface area contributed by atoms with Crippen LogP contribution in [-0.2, 0) is 30.3 Å². The molecule has 5 aromatic rings. The molecule has 2 saturated heterocycles. The quantitative estimate of drug-likeness (QED) is 0.160. The fourth-order valence-corrected chi connectivity index (χ4v) is 7.10. The zero-order chi connectivity index (χ0) is 35.5. The van der Waals surface area contributed by atoms with E-state index in [1.165, 1.54) is 7.11 Å². The maximum absolute atomic E-state index is 13.2. The van der Waals surface area contributed by atoms with E-state index in [4.69, 9.17) is 14.5 Å². The molecule has 51 heavy (non-hydrogen) atoms. The Balaban J connectivity index is 1.08. The van der Waals surface area contributed by atoms with E-state index in [-0.39, 0.29) is 24.9 Å². The third-order valence-electron chi connectivity index (χ3n) is 9.61.